The molecule has 0 fully saturated rings. The number of pyridine rings is 1. The highest BCUT2D eigenvalue weighted by atomic mass is 19.1. The molecule has 0 atom stereocenters. The lowest BCUT2D eigenvalue weighted by Gasteiger charge is -2.10. The molecular weight excluding hydrogens is 392 g/mol. The van der Waals surface area contributed by atoms with E-state index in [9.17, 15) is 13.6 Å². The maximum absolute atomic E-state index is 13.9. The van der Waals surface area contributed by atoms with E-state index >= 15 is 0 Å². The smallest absolute Gasteiger partial charge is 0.273 e. The van der Waals surface area contributed by atoms with Gasteiger partial charge in [-0.3, -0.25) is 4.79 Å². The molecule has 1 amide bonds. The fourth-order valence-corrected chi connectivity index (χ4v) is 2.73. The average molecular weight is 407 g/mol. The van der Waals surface area contributed by atoms with Crippen molar-refractivity contribution in [3.8, 4) is 23.0 Å². The Labute approximate surface area is 170 Å². The van der Waals surface area contributed by atoms with E-state index in [1.807, 2.05) is 0 Å². The van der Waals surface area contributed by atoms with Gasteiger partial charge < -0.3 is 14.6 Å². The molecule has 4 aromatic rings. The van der Waals surface area contributed by atoms with Crippen LogP contribution in [-0.4, -0.2) is 16.0 Å². The first-order valence-electron chi connectivity index (χ1n) is 8.97. The number of nitrogens with one attached hydrogen (secondary N) is 1. The maximum atomic E-state index is 13.9. The van der Waals surface area contributed by atoms with Crippen molar-refractivity contribution in [3.05, 3.63) is 95.8 Å². The molecular formula is C22H15F2N3O3. The lowest BCUT2D eigenvalue weighted by atomic mass is 10.1. The fraction of sp³-hybridized carbons (Fsp3) is 0.0455. The molecule has 150 valence electrons. The molecule has 0 radical (unpaired) electrons. The van der Waals surface area contributed by atoms with E-state index in [1.54, 1.807) is 30.3 Å². The van der Waals surface area contributed by atoms with Gasteiger partial charge in [-0.1, -0.05) is 29.4 Å². The van der Waals surface area contributed by atoms with E-state index in [-0.39, 0.29) is 35.2 Å². The molecule has 8 heteroatoms. The summed E-state index contributed by atoms with van der Waals surface area (Å²) >= 11 is 0. The van der Waals surface area contributed by atoms with Crippen molar-refractivity contribution >= 4 is 5.91 Å². The molecule has 0 unspecified atom stereocenters. The third-order valence-electron chi connectivity index (χ3n) is 4.18. The van der Waals surface area contributed by atoms with Gasteiger partial charge in [0.2, 0.25) is 5.88 Å². The molecule has 0 spiro atoms. The van der Waals surface area contributed by atoms with Crippen LogP contribution in [0.25, 0.3) is 11.3 Å². The quantitative estimate of drug-likeness (QED) is 0.500. The lowest BCUT2D eigenvalue weighted by Crippen LogP contribution is -2.23. The van der Waals surface area contributed by atoms with Gasteiger partial charge in [0, 0.05) is 30.4 Å². The number of carbonyl (C=O) groups is 1. The number of hydrogen-bond acceptors (Lipinski definition) is 5. The SMILES string of the molecule is O=C(NCc1cccnc1Oc1cccc(F)c1)c1cc(-c2ccccc2F)on1. The summed E-state index contributed by atoms with van der Waals surface area (Å²) in [7, 11) is 0. The third-order valence-corrected chi connectivity index (χ3v) is 4.18. The van der Waals surface area contributed by atoms with Gasteiger partial charge in [-0.05, 0) is 30.3 Å². The molecule has 0 saturated carbocycles. The number of rotatable bonds is 6. The minimum Gasteiger partial charge on any atom is -0.439 e. The van der Waals surface area contributed by atoms with E-state index in [0.717, 1.165) is 0 Å². The first kappa shape index (κ1) is 19.3. The molecule has 0 aliphatic rings. The van der Waals surface area contributed by atoms with Crippen molar-refractivity contribution < 1.29 is 22.8 Å². The standard InChI is InChI=1S/C22H15F2N3O3/c23-15-6-3-7-16(11-15)29-22-14(5-4-10-25-22)13-26-21(28)19-12-20(30-27-19)17-8-1-2-9-18(17)24/h1-12H,13H2,(H,26,28). The Bertz CT molecular complexity index is 1190. The van der Waals surface area contributed by atoms with Crippen LogP contribution in [-0.2, 0) is 6.54 Å². The molecule has 30 heavy (non-hydrogen) atoms. The number of hydrogen-bond donors (Lipinski definition) is 1. The molecule has 0 aliphatic heterocycles. The second kappa shape index (κ2) is 8.52. The first-order chi connectivity index (χ1) is 14.6. The van der Waals surface area contributed by atoms with Gasteiger partial charge in [0.15, 0.2) is 11.5 Å². The predicted octanol–water partition coefficient (Wildman–Crippen LogP) is 4.74. The Morgan fingerprint density at radius 3 is 2.73 bits per heavy atom. The van der Waals surface area contributed by atoms with Gasteiger partial charge >= 0.3 is 0 Å². The Morgan fingerprint density at radius 2 is 1.90 bits per heavy atom. The van der Waals surface area contributed by atoms with Gasteiger partial charge in [0.25, 0.3) is 5.91 Å². The van der Waals surface area contributed by atoms with Crippen LogP contribution in [0, 0.1) is 11.6 Å². The van der Waals surface area contributed by atoms with Crippen LogP contribution in [0.3, 0.4) is 0 Å². The molecule has 0 bridgehead atoms. The number of carbonyl (C=O) groups excluding carboxylic acids is 1. The molecule has 1 N–H and O–H groups in total. The predicted molar refractivity (Wildman–Crippen MR) is 104 cm³/mol. The number of nitrogens with zero attached hydrogens (tertiary/aromatic N) is 2. The summed E-state index contributed by atoms with van der Waals surface area (Å²) in [6, 6.07) is 16.5. The second-order valence-electron chi connectivity index (χ2n) is 6.27. The number of aromatic nitrogens is 2. The number of benzene rings is 2. The summed E-state index contributed by atoms with van der Waals surface area (Å²) in [5.41, 5.74) is 0.791. The van der Waals surface area contributed by atoms with Gasteiger partial charge in [0.05, 0.1) is 5.56 Å². The largest absolute Gasteiger partial charge is 0.439 e. The zero-order chi connectivity index (χ0) is 20.9. The van der Waals surface area contributed by atoms with Crippen molar-refractivity contribution in [1.29, 1.82) is 0 Å². The van der Waals surface area contributed by atoms with E-state index in [4.69, 9.17) is 9.26 Å². The fourth-order valence-electron chi connectivity index (χ4n) is 2.73. The molecule has 0 aliphatic carbocycles. The zero-order valence-electron chi connectivity index (χ0n) is 15.5. The van der Waals surface area contributed by atoms with Gasteiger partial charge in [-0.15, -0.1) is 0 Å². The van der Waals surface area contributed by atoms with Gasteiger partial charge in [-0.25, -0.2) is 13.8 Å². The zero-order valence-corrected chi connectivity index (χ0v) is 15.5. The summed E-state index contributed by atoms with van der Waals surface area (Å²) in [5.74, 6) is -0.760. The highest BCUT2D eigenvalue weighted by Crippen LogP contribution is 2.25. The first-order valence-corrected chi connectivity index (χ1v) is 8.97. The minimum atomic E-state index is -0.512. The van der Waals surface area contributed by atoms with Crippen molar-refractivity contribution in [2.24, 2.45) is 0 Å². The van der Waals surface area contributed by atoms with Crippen LogP contribution in [0.15, 0.2) is 77.4 Å². The van der Waals surface area contributed by atoms with Crippen LogP contribution in [0.4, 0.5) is 8.78 Å². The molecule has 0 saturated heterocycles. The summed E-state index contributed by atoms with van der Waals surface area (Å²) in [4.78, 5) is 16.6. The number of ether oxygens (including phenoxy) is 1. The van der Waals surface area contributed by atoms with E-state index in [0.29, 0.717) is 5.56 Å². The topological polar surface area (TPSA) is 77.2 Å². The van der Waals surface area contributed by atoms with E-state index in [1.165, 1.54) is 42.6 Å². The average Bonchev–Trinajstić information content (AvgIpc) is 3.23. The van der Waals surface area contributed by atoms with Crippen LogP contribution in [0.2, 0.25) is 0 Å². The van der Waals surface area contributed by atoms with Crippen LogP contribution < -0.4 is 10.1 Å². The van der Waals surface area contributed by atoms with E-state index in [2.05, 4.69) is 15.5 Å². The van der Waals surface area contributed by atoms with Crippen molar-refractivity contribution in [1.82, 2.24) is 15.5 Å². The van der Waals surface area contributed by atoms with Crippen LogP contribution in [0.1, 0.15) is 16.1 Å². The molecule has 6 nitrogen and oxygen atoms in total. The summed E-state index contributed by atoms with van der Waals surface area (Å²) in [6.45, 7) is 0.0826. The van der Waals surface area contributed by atoms with Crippen molar-refractivity contribution in [2.45, 2.75) is 6.54 Å². The second-order valence-corrected chi connectivity index (χ2v) is 6.27. The van der Waals surface area contributed by atoms with Crippen LogP contribution in [0.5, 0.6) is 11.6 Å². The van der Waals surface area contributed by atoms with Gasteiger partial charge in [-0.2, -0.15) is 0 Å². The third kappa shape index (κ3) is 4.33. The maximum Gasteiger partial charge on any atom is 0.273 e. The highest BCUT2D eigenvalue weighted by Gasteiger charge is 2.16. The van der Waals surface area contributed by atoms with Crippen LogP contribution >= 0.6 is 0 Å². The van der Waals surface area contributed by atoms with Gasteiger partial charge in [0.1, 0.15) is 17.4 Å². The lowest BCUT2D eigenvalue weighted by molar-refractivity contribution is 0.0941. The normalized spacial score (nSPS) is 10.6. The Kier molecular flexibility index (Phi) is 5.47. The summed E-state index contributed by atoms with van der Waals surface area (Å²) in [5, 5.41) is 6.39. The Morgan fingerprint density at radius 1 is 1.03 bits per heavy atom. The van der Waals surface area contributed by atoms with Crippen molar-refractivity contribution in [2.75, 3.05) is 0 Å². The van der Waals surface area contributed by atoms with Crippen molar-refractivity contribution in [3.63, 3.8) is 0 Å². The molecule has 2 heterocycles. The number of halogens is 2. The summed E-state index contributed by atoms with van der Waals surface area (Å²) in [6.07, 6.45) is 1.53. The minimum absolute atomic E-state index is 0.00439. The highest BCUT2D eigenvalue weighted by molar-refractivity contribution is 5.93. The monoisotopic (exact) mass is 407 g/mol. The Hall–Kier alpha value is -4.07. The Balaban J connectivity index is 1.45. The summed E-state index contributed by atoms with van der Waals surface area (Å²) < 4.78 is 38.0. The molecule has 4 rings (SSSR count). The number of amides is 1. The van der Waals surface area contributed by atoms with E-state index < -0.39 is 17.5 Å². The molecule has 2 aromatic heterocycles. The molecule has 2 aromatic carbocycles.